The van der Waals surface area contributed by atoms with E-state index in [-0.39, 0.29) is 11.6 Å². The van der Waals surface area contributed by atoms with Crippen LogP contribution < -0.4 is 10.6 Å². The van der Waals surface area contributed by atoms with Gasteiger partial charge in [0.05, 0.1) is 5.69 Å². The van der Waals surface area contributed by atoms with Gasteiger partial charge in [0, 0.05) is 19.0 Å². The van der Waals surface area contributed by atoms with E-state index in [1.54, 1.807) is 10.6 Å². The average Bonchev–Trinajstić information content (AvgIpc) is 3.05. The Labute approximate surface area is 149 Å². The highest BCUT2D eigenvalue weighted by Crippen LogP contribution is 2.28. The number of piperidine rings is 1. The third-order valence-corrected chi connectivity index (χ3v) is 4.64. The molecule has 0 aliphatic carbocycles. The van der Waals surface area contributed by atoms with Gasteiger partial charge in [-0.2, -0.15) is 5.10 Å². The molecule has 1 fully saturated rings. The Morgan fingerprint density at radius 3 is 2.72 bits per heavy atom. The Balaban J connectivity index is 1.64. The van der Waals surface area contributed by atoms with Gasteiger partial charge in [-0.15, -0.1) is 10.2 Å². The van der Waals surface area contributed by atoms with Gasteiger partial charge < -0.3 is 4.90 Å². The van der Waals surface area contributed by atoms with Crippen molar-refractivity contribution in [3.8, 4) is 5.69 Å². The molecule has 4 rings (SSSR count). The van der Waals surface area contributed by atoms with Gasteiger partial charge in [0.1, 0.15) is 5.82 Å². The van der Waals surface area contributed by atoms with E-state index in [9.17, 15) is 4.79 Å². The van der Waals surface area contributed by atoms with Crippen LogP contribution in [0.1, 0.15) is 24.6 Å². The molecule has 1 aliphatic rings. The molecule has 8 heteroatoms. The second kappa shape index (κ2) is 6.68. The van der Waals surface area contributed by atoms with Gasteiger partial charge >= 0.3 is 5.69 Å². The van der Waals surface area contributed by atoms with Crippen LogP contribution in [0.4, 0.5) is 5.82 Å². The van der Waals surface area contributed by atoms with Crippen molar-refractivity contribution in [2.45, 2.75) is 18.8 Å². The summed E-state index contributed by atoms with van der Waals surface area (Å²) in [6, 6.07) is 13.2. The lowest BCUT2D eigenvalue weighted by atomic mass is 9.97. The molecule has 25 heavy (non-hydrogen) atoms. The van der Waals surface area contributed by atoms with Gasteiger partial charge in [-0.25, -0.2) is 14.5 Å². The van der Waals surface area contributed by atoms with Gasteiger partial charge in [0.15, 0.2) is 11.0 Å². The lowest BCUT2D eigenvalue weighted by Gasteiger charge is -2.32. The summed E-state index contributed by atoms with van der Waals surface area (Å²) in [5, 5.41) is 15.3. The fraction of sp³-hybridized carbons (Fsp3) is 0.294. The number of nitrogens with zero attached hydrogens (tertiary/aromatic N) is 5. The number of hydrogen-bond acceptors (Lipinski definition) is 5. The molecule has 3 heterocycles. The number of rotatable bonds is 3. The molecule has 1 saturated heterocycles. The zero-order chi connectivity index (χ0) is 17.2. The minimum Gasteiger partial charge on any atom is -0.354 e. The SMILES string of the molecule is O=c1[nH]nc([C@@H]2CCCN(c3ccc(Cl)nn3)C2)n1-c1ccccc1. The zero-order valence-corrected chi connectivity index (χ0v) is 14.2. The summed E-state index contributed by atoms with van der Waals surface area (Å²) in [6.07, 6.45) is 1.96. The van der Waals surface area contributed by atoms with Crippen molar-refractivity contribution in [3.05, 3.63) is 63.9 Å². The van der Waals surface area contributed by atoms with Crippen LogP contribution in [-0.2, 0) is 0 Å². The van der Waals surface area contributed by atoms with Crippen molar-refractivity contribution in [2.75, 3.05) is 18.0 Å². The van der Waals surface area contributed by atoms with E-state index in [0.717, 1.165) is 43.3 Å². The highest BCUT2D eigenvalue weighted by molar-refractivity contribution is 6.29. The largest absolute Gasteiger partial charge is 0.354 e. The predicted molar refractivity (Wildman–Crippen MR) is 95.4 cm³/mol. The molecule has 1 N–H and O–H groups in total. The molecule has 0 amide bonds. The number of benzene rings is 1. The highest BCUT2D eigenvalue weighted by atomic mass is 35.5. The van der Waals surface area contributed by atoms with Gasteiger partial charge in [-0.05, 0) is 37.1 Å². The second-order valence-electron chi connectivity index (χ2n) is 6.06. The van der Waals surface area contributed by atoms with Crippen LogP contribution in [0.2, 0.25) is 5.15 Å². The summed E-state index contributed by atoms with van der Waals surface area (Å²) < 4.78 is 1.65. The van der Waals surface area contributed by atoms with Gasteiger partial charge in [-0.1, -0.05) is 29.8 Å². The number of H-pyrrole nitrogens is 1. The molecule has 2 aromatic heterocycles. The molecule has 0 radical (unpaired) electrons. The molecular weight excluding hydrogens is 340 g/mol. The first-order chi connectivity index (χ1) is 12.2. The number of nitrogens with one attached hydrogen (secondary N) is 1. The molecule has 7 nitrogen and oxygen atoms in total. The van der Waals surface area contributed by atoms with Crippen LogP contribution in [0.3, 0.4) is 0 Å². The number of anilines is 1. The van der Waals surface area contributed by atoms with Crippen molar-refractivity contribution < 1.29 is 0 Å². The number of aromatic amines is 1. The number of aromatic nitrogens is 5. The van der Waals surface area contributed by atoms with Gasteiger partial charge in [0.2, 0.25) is 0 Å². The third-order valence-electron chi connectivity index (χ3n) is 4.44. The number of para-hydroxylation sites is 1. The van der Waals surface area contributed by atoms with E-state index in [0.29, 0.717) is 5.15 Å². The molecule has 1 atom stereocenters. The zero-order valence-electron chi connectivity index (χ0n) is 13.5. The van der Waals surface area contributed by atoms with Crippen molar-refractivity contribution in [3.63, 3.8) is 0 Å². The van der Waals surface area contributed by atoms with E-state index in [4.69, 9.17) is 11.6 Å². The van der Waals surface area contributed by atoms with Crippen LogP contribution >= 0.6 is 11.6 Å². The van der Waals surface area contributed by atoms with Crippen molar-refractivity contribution in [1.82, 2.24) is 25.0 Å². The smallest absolute Gasteiger partial charge is 0.347 e. The van der Waals surface area contributed by atoms with Crippen LogP contribution in [0.25, 0.3) is 5.69 Å². The molecule has 0 unspecified atom stereocenters. The molecular formula is C17H17ClN6O. The Kier molecular flexibility index (Phi) is 4.23. The standard InChI is InChI=1S/C17H17ClN6O/c18-14-8-9-15(20-19-14)23-10-4-5-12(11-23)16-21-22-17(25)24(16)13-6-2-1-3-7-13/h1-3,6-9,12H,4-5,10-11H2,(H,22,25)/t12-/m1/s1. The van der Waals surface area contributed by atoms with Crippen LogP contribution in [0.15, 0.2) is 47.3 Å². The molecule has 128 valence electrons. The number of halogens is 1. The van der Waals surface area contributed by atoms with E-state index >= 15 is 0 Å². The van der Waals surface area contributed by atoms with Crippen LogP contribution in [0.5, 0.6) is 0 Å². The molecule has 0 saturated carbocycles. The van der Waals surface area contributed by atoms with Crippen LogP contribution in [0, 0.1) is 0 Å². The first-order valence-electron chi connectivity index (χ1n) is 8.19. The topological polar surface area (TPSA) is 79.7 Å². The van der Waals surface area contributed by atoms with Crippen LogP contribution in [-0.4, -0.2) is 38.1 Å². The normalized spacial score (nSPS) is 17.6. The van der Waals surface area contributed by atoms with Gasteiger partial charge in [-0.3, -0.25) is 0 Å². The van der Waals surface area contributed by atoms with Gasteiger partial charge in [0.25, 0.3) is 0 Å². The predicted octanol–water partition coefficient (Wildman–Crippen LogP) is 2.39. The lowest BCUT2D eigenvalue weighted by Crippen LogP contribution is -2.36. The Morgan fingerprint density at radius 1 is 1.12 bits per heavy atom. The maximum Gasteiger partial charge on any atom is 0.347 e. The molecule has 0 spiro atoms. The monoisotopic (exact) mass is 356 g/mol. The Morgan fingerprint density at radius 2 is 1.96 bits per heavy atom. The van der Waals surface area contributed by atoms with Crippen molar-refractivity contribution in [2.24, 2.45) is 0 Å². The fourth-order valence-electron chi connectivity index (χ4n) is 3.28. The molecule has 3 aromatic rings. The first-order valence-corrected chi connectivity index (χ1v) is 8.57. The summed E-state index contributed by atoms with van der Waals surface area (Å²) >= 11 is 5.82. The van der Waals surface area contributed by atoms with E-state index in [2.05, 4.69) is 25.3 Å². The van der Waals surface area contributed by atoms with Crippen molar-refractivity contribution >= 4 is 17.4 Å². The Bertz CT molecular complexity index is 905. The highest BCUT2D eigenvalue weighted by Gasteiger charge is 2.27. The maximum atomic E-state index is 12.3. The summed E-state index contributed by atoms with van der Waals surface area (Å²) in [7, 11) is 0. The fourth-order valence-corrected chi connectivity index (χ4v) is 3.38. The van der Waals surface area contributed by atoms with Crippen molar-refractivity contribution in [1.29, 1.82) is 0 Å². The summed E-state index contributed by atoms with van der Waals surface area (Å²) in [4.78, 5) is 14.4. The van der Waals surface area contributed by atoms with E-state index < -0.39 is 0 Å². The number of hydrogen-bond donors (Lipinski definition) is 1. The summed E-state index contributed by atoms with van der Waals surface area (Å²) in [6.45, 7) is 1.63. The quantitative estimate of drug-likeness (QED) is 0.779. The summed E-state index contributed by atoms with van der Waals surface area (Å²) in [5.41, 5.74) is 0.601. The minimum absolute atomic E-state index is 0.130. The van der Waals surface area contributed by atoms with E-state index in [1.165, 1.54) is 0 Å². The Hall–Kier alpha value is -2.67. The molecule has 0 bridgehead atoms. The molecule has 1 aliphatic heterocycles. The lowest BCUT2D eigenvalue weighted by molar-refractivity contribution is 0.482. The average molecular weight is 357 g/mol. The minimum atomic E-state index is -0.218. The maximum absolute atomic E-state index is 12.3. The van der Waals surface area contributed by atoms with E-state index in [1.807, 2.05) is 36.4 Å². The first kappa shape index (κ1) is 15.8. The molecule has 1 aromatic carbocycles. The second-order valence-corrected chi connectivity index (χ2v) is 6.44. The third kappa shape index (κ3) is 3.15. The summed E-state index contributed by atoms with van der Waals surface area (Å²) in [5.74, 6) is 1.67.